The molecule has 1 aromatic carbocycles. The lowest BCUT2D eigenvalue weighted by molar-refractivity contribution is 0.0951. The van der Waals surface area contributed by atoms with Crippen LogP contribution in [0.2, 0.25) is 0 Å². The van der Waals surface area contributed by atoms with Gasteiger partial charge >= 0.3 is 0 Å². The van der Waals surface area contributed by atoms with Crippen molar-refractivity contribution in [3.63, 3.8) is 0 Å². The van der Waals surface area contributed by atoms with E-state index in [4.69, 9.17) is 0 Å². The number of carbonyl (C=O) groups excluding carboxylic acids is 1. The van der Waals surface area contributed by atoms with Crippen LogP contribution in [0.5, 0.6) is 0 Å². The summed E-state index contributed by atoms with van der Waals surface area (Å²) >= 11 is 0. The van der Waals surface area contributed by atoms with Crippen molar-refractivity contribution in [1.29, 1.82) is 0 Å². The molecule has 0 spiro atoms. The second kappa shape index (κ2) is 7.98. The van der Waals surface area contributed by atoms with Crippen molar-refractivity contribution in [2.75, 3.05) is 32.5 Å². The number of nitrogens with zero attached hydrogens (tertiary/aromatic N) is 4. The fourth-order valence-corrected chi connectivity index (χ4v) is 3.15. The van der Waals surface area contributed by atoms with Crippen LogP contribution in [0.4, 0.5) is 5.82 Å². The van der Waals surface area contributed by atoms with Crippen molar-refractivity contribution in [2.45, 2.75) is 25.3 Å². The number of rotatable bonds is 8. The predicted molar refractivity (Wildman–Crippen MR) is 111 cm³/mol. The third-order valence-electron chi connectivity index (χ3n) is 4.86. The first-order valence-electron chi connectivity index (χ1n) is 9.74. The van der Waals surface area contributed by atoms with Crippen LogP contribution >= 0.6 is 0 Å². The van der Waals surface area contributed by atoms with Crippen molar-refractivity contribution >= 4 is 17.4 Å². The van der Waals surface area contributed by atoms with E-state index >= 15 is 0 Å². The van der Waals surface area contributed by atoms with Gasteiger partial charge in [-0.1, -0.05) is 12.1 Å². The topological polar surface area (TPSA) is 74.6 Å². The zero-order valence-electron chi connectivity index (χ0n) is 16.4. The minimum atomic E-state index is 0.000558. The van der Waals surface area contributed by atoms with E-state index in [0.717, 1.165) is 55.1 Å². The molecule has 1 saturated carbocycles. The van der Waals surface area contributed by atoms with Crippen molar-refractivity contribution in [2.24, 2.45) is 0 Å². The number of hydrogen-bond acceptors (Lipinski definition) is 5. The van der Waals surface area contributed by atoms with Gasteiger partial charge in [-0.25, -0.2) is 9.97 Å². The number of fused-ring (bicyclic) bond motifs is 1. The van der Waals surface area contributed by atoms with Crippen molar-refractivity contribution < 1.29 is 4.79 Å². The lowest BCUT2D eigenvalue weighted by Gasteiger charge is -2.11. The Morgan fingerprint density at radius 3 is 2.71 bits per heavy atom. The summed E-state index contributed by atoms with van der Waals surface area (Å²) in [7, 11) is 4.14. The van der Waals surface area contributed by atoms with Crippen LogP contribution in [0.25, 0.3) is 16.9 Å². The molecular weight excluding hydrogens is 352 g/mol. The summed E-state index contributed by atoms with van der Waals surface area (Å²) in [4.78, 5) is 23.3. The second-order valence-corrected chi connectivity index (χ2v) is 7.52. The third kappa shape index (κ3) is 4.14. The molecule has 0 atom stereocenters. The van der Waals surface area contributed by atoms with E-state index in [1.807, 2.05) is 41.1 Å². The smallest absolute Gasteiger partial charge is 0.251 e. The zero-order chi connectivity index (χ0) is 19.5. The van der Waals surface area contributed by atoms with Crippen molar-refractivity contribution in [3.8, 4) is 11.3 Å². The maximum atomic E-state index is 12.2. The molecule has 4 rings (SSSR count). The molecule has 0 unspecified atom stereocenters. The van der Waals surface area contributed by atoms with E-state index in [9.17, 15) is 4.79 Å². The Morgan fingerprint density at radius 2 is 2.00 bits per heavy atom. The molecule has 0 radical (unpaired) electrons. The molecule has 1 amide bonds. The number of amides is 1. The SMILES string of the molecule is CN(C)CCCNc1nccn2c(-c3ccc(C(=O)NC4CC4)cc3)cnc12. The van der Waals surface area contributed by atoms with Gasteiger partial charge in [0.1, 0.15) is 0 Å². The maximum Gasteiger partial charge on any atom is 0.251 e. The number of carbonyl (C=O) groups is 1. The quantitative estimate of drug-likeness (QED) is 0.590. The Labute approximate surface area is 164 Å². The molecule has 7 heteroatoms. The minimum absolute atomic E-state index is 0.000558. The van der Waals surface area contributed by atoms with Gasteiger partial charge in [0.05, 0.1) is 11.9 Å². The molecule has 0 saturated heterocycles. The standard InChI is InChI=1S/C21H26N6O/c1-26(2)12-3-10-22-19-20-24-14-18(27(20)13-11-23-19)15-4-6-16(7-5-15)21(28)25-17-8-9-17/h4-7,11,13-14,17H,3,8-10,12H2,1-2H3,(H,22,23)(H,25,28). The molecule has 28 heavy (non-hydrogen) atoms. The van der Waals surface area contributed by atoms with Gasteiger partial charge in [0.2, 0.25) is 0 Å². The average molecular weight is 378 g/mol. The minimum Gasteiger partial charge on any atom is -0.367 e. The maximum absolute atomic E-state index is 12.2. The van der Waals surface area contributed by atoms with Gasteiger partial charge in [0.25, 0.3) is 5.91 Å². The molecule has 2 heterocycles. The summed E-state index contributed by atoms with van der Waals surface area (Å²) in [5.74, 6) is 0.786. The van der Waals surface area contributed by atoms with Crippen LogP contribution in [0.1, 0.15) is 29.6 Å². The third-order valence-corrected chi connectivity index (χ3v) is 4.86. The Balaban J connectivity index is 1.51. The molecule has 2 N–H and O–H groups in total. The van der Waals surface area contributed by atoms with Crippen LogP contribution in [-0.4, -0.2) is 58.4 Å². The summed E-state index contributed by atoms with van der Waals surface area (Å²) in [5.41, 5.74) is 3.48. The average Bonchev–Trinajstić information content (AvgIpc) is 3.40. The van der Waals surface area contributed by atoms with Gasteiger partial charge in [-0.05, 0) is 52.0 Å². The number of hydrogen-bond donors (Lipinski definition) is 2. The first-order chi connectivity index (χ1) is 13.6. The van der Waals surface area contributed by atoms with E-state index in [1.165, 1.54) is 0 Å². The normalized spacial score (nSPS) is 13.8. The summed E-state index contributed by atoms with van der Waals surface area (Å²) in [6.45, 7) is 1.87. The molecule has 0 aliphatic heterocycles. The van der Waals surface area contributed by atoms with Gasteiger partial charge in [-0.3, -0.25) is 9.20 Å². The largest absolute Gasteiger partial charge is 0.367 e. The van der Waals surface area contributed by atoms with E-state index in [1.54, 1.807) is 6.20 Å². The lowest BCUT2D eigenvalue weighted by atomic mass is 10.1. The Kier molecular flexibility index (Phi) is 5.25. The first kappa shape index (κ1) is 18.4. The second-order valence-electron chi connectivity index (χ2n) is 7.52. The fraction of sp³-hybridized carbons (Fsp3) is 0.381. The summed E-state index contributed by atoms with van der Waals surface area (Å²) in [6.07, 6.45) is 8.76. The van der Waals surface area contributed by atoms with Crippen molar-refractivity contribution in [1.82, 2.24) is 24.6 Å². The fourth-order valence-electron chi connectivity index (χ4n) is 3.15. The molecule has 1 aliphatic rings. The molecule has 2 aromatic heterocycles. The number of anilines is 1. The summed E-state index contributed by atoms with van der Waals surface area (Å²) < 4.78 is 2.03. The van der Waals surface area contributed by atoms with Crippen LogP contribution in [-0.2, 0) is 0 Å². The lowest BCUT2D eigenvalue weighted by Crippen LogP contribution is -2.25. The van der Waals surface area contributed by atoms with Gasteiger partial charge in [0.15, 0.2) is 11.5 Å². The number of nitrogens with one attached hydrogen (secondary N) is 2. The Morgan fingerprint density at radius 1 is 1.21 bits per heavy atom. The van der Waals surface area contributed by atoms with E-state index in [0.29, 0.717) is 11.6 Å². The summed E-state index contributed by atoms with van der Waals surface area (Å²) in [5, 5.41) is 6.40. The van der Waals surface area contributed by atoms with Gasteiger partial charge in [-0.2, -0.15) is 0 Å². The molecule has 0 bridgehead atoms. The van der Waals surface area contributed by atoms with E-state index < -0.39 is 0 Å². The Bertz CT molecular complexity index is 959. The highest BCUT2D eigenvalue weighted by Gasteiger charge is 2.23. The zero-order valence-corrected chi connectivity index (χ0v) is 16.4. The van der Waals surface area contributed by atoms with Crippen molar-refractivity contribution in [3.05, 3.63) is 48.4 Å². The van der Waals surface area contributed by atoms with E-state index in [2.05, 4.69) is 39.6 Å². The van der Waals surface area contributed by atoms with Crippen LogP contribution < -0.4 is 10.6 Å². The van der Waals surface area contributed by atoms with Crippen LogP contribution in [0.3, 0.4) is 0 Å². The highest BCUT2D eigenvalue weighted by atomic mass is 16.1. The van der Waals surface area contributed by atoms with E-state index in [-0.39, 0.29) is 5.91 Å². The van der Waals surface area contributed by atoms with Gasteiger partial charge in [0, 0.05) is 36.1 Å². The van der Waals surface area contributed by atoms with Crippen LogP contribution in [0, 0.1) is 0 Å². The molecule has 1 fully saturated rings. The molecular formula is C21H26N6O. The molecule has 7 nitrogen and oxygen atoms in total. The summed E-state index contributed by atoms with van der Waals surface area (Å²) in [6, 6.07) is 8.04. The molecule has 1 aliphatic carbocycles. The first-order valence-corrected chi connectivity index (χ1v) is 9.74. The number of benzene rings is 1. The van der Waals surface area contributed by atoms with Gasteiger partial charge in [-0.15, -0.1) is 0 Å². The predicted octanol–water partition coefficient (Wildman–Crippen LogP) is 2.65. The van der Waals surface area contributed by atoms with Gasteiger partial charge < -0.3 is 15.5 Å². The molecule has 146 valence electrons. The number of aromatic nitrogens is 3. The number of imidazole rings is 1. The highest BCUT2D eigenvalue weighted by Crippen LogP contribution is 2.24. The molecule has 3 aromatic rings. The Hall–Kier alpha value is -2.93. The highest BCUT2D eigenvalue weighted by molar-refractivity contribution is 5.95. The van der Waals surface area contributed by atoms with Crippen LogP contribution in [0.15, 0.2) is 42.9 Å². The monoisotopic (exact) mass is 378 g/mol.